The second-order valence-corrected chi connectivity index (χ2v) is 8.27. The molecule has 0 radical (unpaired) electrons. The molecule has 0 bridgehead atoms. The highest BCUT2D eigenvalue weighted by molar-refractivity contribution is 7.09. The lowest BCUT2D eigenvalue weighted by molar-refractivity contribution is -0.132. The number of hydrogen-bond acceptors (Lipinski definition) is 5. The predicted octanol–water partition coefficient (Wildman–Crippen LogP) is 2.60. The fourth-order valence-electron chi connectivity index (χ4n) is 3.46. The number of amides is 2. The zero-order valence-electron chi connectivity index (χ0n) is 16.4. The van der Waals surface area contributed by atoms with Gasteiger partial charge < -0.3 is 15.0 Å². The molecule has 6 nitrogen and oxygen atoms in total. The Balaban J connectivity index is 1.43. The van der Waals surface area contributed by atoms with Crippen molar-refractivity contribution in [2.45, 2.75) is 32.6 Å². The van der Waals surface area contributed by atoms with Crippen LogP contribution in [0.15, 0.2) is 29.6 Å². The van der Waals surface area contributed by atoms with Crippen molar-refractivity contribution >= 4 is 23.2 Å². The van der Waals surface area contributed by atoms with Crippen LogP contribution in [0.3, 0.4) is 0 Å². The van der Waals surface area contributed by atoms with Gasteiger partial charge in [0.25, 0.3) is 0 Å². The molecular formula is C21H27N3O3S. The number of ether oxygens (including phenoxy) is 1. The van der Waals surface area contributed by atoms with Crippen molar-refractivity contribution in [3.8, 4) is 5.75 Å². The maximum atomic E-state index is 12.5. The Hall–Kier alpha value is -2.41. The molecule has 1 aromatic carbocycles. The van der Waals surface area contributed by atoms with E-state index in [9.17, 15) is 9.59 Å². The molecule has 3 rings (SSSR count). The molecule has 1 N–H and O–H groups in total. The van der Waals surface area contributed by atoms with Crippen molar-refractivity contribution in [2.75, 3.05) is 26.7 Å². The SMILES string of the molecule is COc1ccc(CC(=O)NC[C@@H]2CCCN(C(=O)Cc3csc(C)n3)C2)cc1. The van der Waals surface area contributed by atoms with Gasteiger partial charge in [-0.1, -0.05) is 12.1 Å². The minimum Gasteiger partial charge on any atom is -0.497 e. The summed E-state index contributed by atoms with van der Waals surface area (Å²) in [5.41, 5.74) is 1.81. The Kier molecular flexibility index (Phi) is 7.03. The number of carbonyl (C=O) groups is 2. The average molecular weight is 402 g/mol. The largest absolute Gasteiger partial charge is 0.497 e. The average Bonchev–Trinajstić information content (AvgIpc) is 3.12. The molecular weight excluding hydrogens is 374 g/mol. The molecule has 0 saturated carbocycles. The van der Waals surface area contributed by atoms with Gasteiger partial charge >= 0.3 is 0 Å². The molecule has 28 heavy (non-hydrogen) atoms. The number of aryl methyl sites for hydroxylation is 1. The molecule has 1 aliphatic rings. The Labute approximate surface area is 169 Å². The molecule has 1 atom stereocenters. The van der Waals surface area contributed by atoms with Crippen molar-refractivity contribution in [2.24, 2.45) is 5.92 Å². The number of thiazole rings is 1. The highest BCUT2D eigenvalue weighted by Gasteiger charge is 2.24. The van der Waals surface area contributed by atoms with Crippen molar-refractivity contribution in [1.29, 1.82) is 0 Å². The Morgan fingerprint density at radius 3 is 2.75 bits per heavy atom. The summed E-state index contributed by atoms with van der Waals surface area (Å²) in [6.07, 6.45) is 2.71. The number of benzene rings is 1. The van der Waals surface area contributed by atoms with Gasteiger partial charge in [-0.3, -0.25) is 9.59 Å². The van der Waals surface area contributed by atoms with Crippen LogP contribution in [0.1, 0.15) is 29.1 Å². The third-order valence-corrected chi connectivity index (χ3v) is 5.80. The van der Waals surface area contributed by atoms with E-state index in [-0.39, 0.29) is 11.8 Å². The first kappa shape index (κ1) is 20.3. The van der Waals surface area contributed by atoms with Crippen LogP contribution in [0.5, 0.6) is 5.75 Å². The highest BCUT2D eigenvalue weighted by atomic mass is 32.1. The van der Waals surface area contributed by atoms with E-state index in [1.54, 1.807) is 18.4 Å². The summed E-state index contributed by atoms with van der Waals surface area (Å²) in [4.78, 5) is 31.1. The van der Waals surface area contributed by atoms with Crippen LogP contribution < -0.4 is 10.1 Å². The third-order valence-electron chi connectivity index (χ3n) is 4.98. The molecule has 1 fully saturated rings. The van der Waals surface area contributed by atoms with Crippen molar-refractivity contribution in [1.82, 2.24) is 15.2 Å². The maximum Gasteiger partial charge on any atom is 0.228 e. The van der Waals surface area contributed by atoms with Crippen LogP contribution in [-0.4, -0.2) is 48.4 Å². The predicted molar refractivity (Wildman–Crippen MR) is 110 cm³/mol. The molecule has 150 valence electrons. The zero-order valence-corrected chi connectivity index (χ0v) is 17.3. The van der Waals surface area contributed by atoms with Gasteiger partial charge in [-0.05, 0) is 43.4 Å². The van der Waals surface area contributed by atoms with E-state index in [2.05, 4.69) is 10.3 Å². The normalized spacial score (nSPS) is 16.6. The molecule has 1 aromatic heterocycles. The second-order valence-electron chi connectivity index (χ2n) is 7.21. The number of carbonyl (C=O) groups excluding carboxylic acids is 2. The lowest BCUT2D eigenvalue weighted by Gasteiger charge is -2.32. The quantitative estimate of drug-likeness (QED) is 0.774. The van der Waals surface area contributed by atoms with Crippen LogP contribution >= 0.6 is 11.3 Å². The van der Waals surface area contributed by atoms with Gasteiger partial charge in [-0.25, -0.2) is 4.98 Å². The van der Waals surface area contributed by atoms with E-state index in [4.69, 9.17) is 4.74 Å². The Bertz CT molecular complexity index is 803. The summed E-state index contributed by atoms with van der Waals surface area (Å²) >= 11 is 1.57. The van der Waals surface area contributed by atoms with Gasteiger partial charge in [0.1, 0.15) is 5.75 Å². The minimum absolute atomic E-state index is 0.00608. The molecule has 7 heteroatoms. The number of hydrogen-bond donors (Lipinski definition) is 1. The van der Waals surface area contributed by atoms with E-state index < -0.39 is 0 Å². The number of rotatable bonds is 7. The molecule has 0 aliphatic carbocycles. The van der Waals surface area contributed by atoms with E-state index in [0.29, 0.717) is 31.8 Å². The molecule has 0 unspecified atom stereocenters. The Morgan fingerprint density at radius 2 is 2.07 bits per heavy atom. The zero-order chi connectivity index (χ0) is 19.9. The van der Waals surface area contributed by atoms with Crippen LogP contribution in [0.4, 0.5) is 0 Å². The van der Waals surface area contributed by atoms with E-state index in [0.717, 1.165) is 41.4 Å². The number of nitrogens with one attached hydrogen (secondary N) is 1. The fourth-order valence-corrected chi connectivity index (χ4v) is 4.08. The second kappa shape index (κ2) is 9.68. The lowest BCUT2D eigenvalue weighted by Crippen LogP contribution is -2.44. The number of methoxy groups -OCH3 is 1. The van der Waals surface area contributed by atoms with E-state index >= 15 is 0 Å². The van der Waals surface area contributed by atoms with Gasteiger partial charge in [0.2, 0.25) is 11.8 Å². The maximum absolute atomic E-state index is 12.5. The van der Waals surface area contributed by atoms with Crippen LogP contribution in [0.25, 0.3) is 0 Å². The lowest BCUT2D eigenvalue weighted by atomic mass is 9.97. The summed E-state index contributed by atoms with van der Waals surface area (Å²) < 4.78 is 5.13. The summed E-state index contributed by atoms with van der Waals surface area (Å²) in [7, 11) is 1.62. The summed E-state index contributed by atoms with van der Waals surface area (Å²) in [6, 6.07) is 7.52. The van der Waals surface area contributed by atoms with Crippen molar-refractivity contribution in [3.05, 3.63) is 45.9 Å². The first-order chi connectivity index (χ1) is 13.5. The molecule has 1 aliphatic heterocycles. The summed E-state index contributed by atoms with van der Waals surface area (Å²) in [5, 5.41) is 5.96. The van der Waals surface area contributed by atoms with Crippen molar-refractivity contribution < 1.29 is 14.3 Å². The van der Waals surface area contributed by atoms with Gasteiger partial charge in [0.15, 0.2) is 0 Å². The summed E-state index contributed by atoms with van der Waals surface area (Å²) in [5.74, 6) is 1.21. The third kappa shape index (κ3) is 5.79. The van der Waals surface area contributed by atoms with Crippen LogP contribution in [-0.2, 0) is 22.4 Å². The highest BCUT2D eigenvalue weighted by Crippen LogP contribution is 2.18. The van der Waals surface area contributed by atoms with Gasteiger partial charge in [0.05, 0.1) is 30.7 Å². The molecule has 2 heterocycles. The summed E-state index contributed by atoms with van der Waals surface area (Å²) in [6.45, 7) is 4.04. The monoisotopic (exact) mass is 401 g/mol. The number of nitrogens with zero attached hydrogens (tertiary/aromatic N) is 2. The van der Waals surface area contributed by atoms with Crippen molar-refractivity contribution in [3.63, 3.8) is 0 Å². The molecule has 1 saturated heterocycles. The first-order valence-electron chi connectivity index (χ1n) is 9.62. The van der Waals surface area contributed by atoms with Gasteiger partial charge in [-0.2, -0.15) is 0 Å². The van der Waals surface area contributed by atoms with Gasteiger partial charge in [-0.15, -0.1) is 11.3 Å². The Morgan fingerprint density at radius 1 is 1.29 bits per heavy atom. The van der Waals surface area contributed by atoms with E-state index in [1.807, 2.05) is 41.5 Å². The molecule has 2 amide bonds. The van der Waals surface area contributed by atoms with Crippen LogP contribution in [0, 0.1) is 12.8 Å². The topological polar surface area (TPSA) is 71.5 Å². The minimum atomic E-state index is 0.00608. The smallest absolute Gasteiger partial charge is 0.228 e. The van der Waals surface area contributed by atoms with Crippen LogP contribution in [0.2, 0.25) is 0 Å². The number of aromatic nitrogens is 1. The molecule has 2 aromatic rings. The standard InChI is InChI=1S/C21H27N3O3S/c1-15-23-18(14-28-15)11-21(26)24-9-3-4-17(13-24)12-22-20(25)10-16-5-7-19(27-2)8-6-16/h5-8,14,17H,3-4,9-13H2,1-2H3,(H,22,25)/t17-/m0/s1. The number of piperidine rings is 1. The van der Waals surface area contributed by atoms with Gasteiger partial charge in [0, 0.05) is 25.0 Å². The molecule has 0 spiro atoms. The fraction of sp³-hybridized carbons (Fsp3) is 0.476. The number of likely N-dealkylation sites (tertiary alicyclic amines) is 1. The van der Waals surface area contributed by atoms with E-state index in [1.165, 1.54) is 0 Å². The first-order valence-corrected chi connectivity index (χ1v) is 10.5.